The van der Waals surface area contributed by atoms with E-state index in [1.54, 1.807) is 72.7 Å². The third-order valence-corrected chi connectivity index (χ3v) is 7.07. The number of fused-ring (bicyclic) bond motifs is 6. The molecule has 2 aliphatic rings. The van der Waals surface area contributed by atoms with Gasteiger partial charge in [-0.15, -0.1) is 0 Å². The van der Waals surface area contributed by atoms with Gasteiger partial charge in [0.2, 0.25) is 0 Å². The van der Waals surface area contributed by atoms with Crippen molar-refractivity contribution >= 4 is 30.0 Å². The van der Waals surface area contributed by atoms with Gasteiger partial charge in [0.05, 0.1) is 28.6 Å². The van der Waals surface area contributed by atoms with E-state index < -0.39 is 46.5 Å². The summed E-state index contributed by atoms with van der Waals surface area (Å²) in [6.07, 6.45) is -1.17. The highest BCUT2D eigenvalue weighted by Crippen LogP contribution is 2.57. The van der Waals surface area contributed by atoms with Gasteiger partial charge in [0.15, 0.2) is 5.60 Å². The Bertz CT molecular complexity index is 1680. The van der Waals surface area contributed by atoms with Gasteiger partial charge >= 0.3 is 30.0 Å². The summed E-state index contributed by atoms with van der Waals surface area (Å²) in [6.45, 7) is 11.9. The number of hydrogen-bond donors (Lipinski definition) is 0. The molecule has 0 saturated carbocycles. The minimum absolute atomic E-state index is 0.0142. The molecule has 0 N–H and O–H groups in total. The van der Waals surface area contributed by atoms with Gasteiger partial charge in [-0.2, -0.15) is 0 Å². The second kappa shape index (κ2) is 11.1. The molecule has 0 bridgehead atoms. The highest BCUT2D eigenvalue weighted by atomic mass is 16.7. The lowest BCUT2D eigenvalue weighted by Crippen LogP contribution is -2.33. The van der Waals surface area contributed by atoms with Gasteiger partial charge in [-0.05, 0) is 84.9 Å². The van der Waals surface area contributed by atoms with E-state index in [4.69, 9.17) is 23.7 Å². The lowest BCUT2D eigenvalue weighted by Gasteiger charge is -2.36. The molecule has 3 aromatic rings. The van der Waals surface area contributed by atoms with Crippen LogP contribution in [0.4, 0.5) is 4.79 Å². The molecule has 0 saturated heterocycles. The number of carbonyl (C=O) groups is 5. The summed E-state index contributed by atoms with van der Waals surface area (Å²) in [6, 6.07) is 13.6. The summed E-state index contributed by atoms with van der Waals surface area (Å²) in [5, 5.41) is 0. The first kappa shape index (κ1) is 31.2. The van der Waals surface area contributed by atoms with Gasteiger partial charge in [-0.1, -0.05) is 6.07 Å². The Morgan fingerprint density at radius 2 is 1.24 bits per heavy atom. The molecular formula is C34H32O11. The molecule has 3 aromatic carbocycles. The molecule has 0 amide bonds. The van der Waals surface area contributed by atoms with E-state index in [0.717, 1.165) is 0 Å². The van der Waals surface area contributed by atoms with Gasteiger partial charge in [-0.25, -0.2) is 14.4 Å². The van der Waals surface area contributed by atoms with Crippen LogP contribution in [0.15, 0.2) is 54.6 Å². The first-order valence-corrected chi connectivity index (χ1v) is 14.2. The highest BCUT2D eigenvalue weighted by Gasteiger charge is 2.54. The molecule has 2 aliphatic heterocycles. The normalized spacial score (nSPS) is 14.2. The van der Waals surface area contributed by atoms with E-state index in [-0.39, 0.29) is 40.7 Å². The molecule has 2 heterocycles. The third-order valence-electron chi connectivity index (χ3n) is 7.07. The summed E-state index contributed by atoms with van der Waals surface area (Å²) >= 11 is 0. The average Bonchev–Trinajstić information content (AvgIpc) is 3.23. The van der Waals surface area contributed by atoms with Crippen molar-refractivity contribution < 1.29 is 52.4 Å². The molecule has 0 radical (unpaired) electrons. The number of ether oxygens (including phenoxy) is 6. The van der Waals surface area contributed by atoms with Gasteiger partial charge in [0, 0.05) is 28.8 Å². The Balaban J connectivity index is 1.64. The topological polar surface area (TPSA) is 141 Å². The van der Waals surface area contributed by atoms with Gasteiger partial charge in [-0.3, -0.25) is 9.59 Å². The second-order valence-electron chi connectivity index (χ2n) is 12.6. The average molecular weight is 617 g/mol. The van der Waals surface area contributed by atoms with Crippen LogP contribution >= 0.6 is 0 Å². The van der Waals surface area contributed by atoms with Crippen LogP contribution in [0.1, 0.15) is 85.9 Å². The fraction of sp³-hybridized carbons (Fsp3) is 0.324. The summed E-state index contributed by atoms with van der Waals surface area (Å²) in [5.41, 5.74) is -1.92. The molecule has 0 aromatic heterocycles. The maximum atomic E-state index is 13.5. The van der Waals surface area contributed by atoms with E-state index in [0.29, 0.717) is 16.7 Å². The van der Waals surface area contributed by atoms with Crippen molar-refractivity contribution in [1.82, 2.24) is 0 Å². The third kappa shape index (κ3) is 5.73. The Morgan fingerprint density at radius 3 is 1.73 bits per heavy atom. The summed E-state index contributed by atoms with van der Waals surface area (Å²) in [4.78, 5) is 63.0. The Hall–Kier alpha value is -5.19. The molecular weight excluding hydrogens is 584 g/mol. The Labute approximate surface area is 259 Å². The van der Waals surface area contributed by atoms with E-state index in [1.807, 2.05) is 0 Å². The lowest BCUT2D eigenvalue weighted by molar-refractivity contribution is -0.143. The van der Waals surface area contributed by atoms with Crippen molar-refractivity contribution in [2.24, 2.45) is 10.8 Å². The molecule has 11 heteroatoms. The van der Waals surface area contributed by atoms with E-state index in [9.17, 15) is 24.0 Å². The number of esters is 4. The maximum absolute atomic E-state index is 13.5. The minimum atomic E-state index is -1.56. The largest absolute Gasteiger partial charge is 0.516 e. The predicted molar refractivity (Wildman–Crippen MR) is 157 cm³/mol. The Kier molecular flexibility index (Phi) is 7.68. The zero-order valence-corrected chi connectivity index (χ0v) is 25.9. The fourth-order valence-corrected chi connectivity index (χ4v) is 4.74. The van der Waals surface area contributed by atoms with Crippen molar-refractivity contribution in [2.45, 2.75) is 54.1 Å². The molecule has 45 heavy (non-hydrogen) atoms. The van der Waals surface area contributed by atoms with Crippen LogP contribution in [0.3, 0.4) is 0 Å². The van der Waals surface area contributed by atoms with Crippen LogP contribution in [0.25, 0.3) is 0 Å². The lowest BCUT2D eigenvalue weighted by atomic mass is 9.77. The first-order valence-electron chi connectivity index (χ1n) is 14.2. The van der Waals surface area contributed by atoms with Gasteiger partial charge < -0.3 is 28.4 Å². The summed E-state index contributed by atoms with van der Waals surface area (Å²) in [5.74, 6) is -1.86. The number of carbonyl (C=O) groups excluding carboxylic acids is 5. The number of hydrogen-bond acceptors (Lipinski definition) is 11. The molecule has 234 valence electrons. The zero-order valence-electron chi connectivity index (χ0n) is 25.9. The molecule has 0 fully saturated rings. The SMILES string of the molecule is CCOC(=O)OC(=O)c1ccc2c(c1)C(=O)OC21c2ccc(OC(=O)C(C)(C)C)cc2Oc2cc(OC(=O)C(C)(C)C)ccc21. The smallest absolute Gasteiger partial charge is 0.456 e. The molecule has 1 spiro atoms. The first-order chi connectivity index (χ1) is 21.0. The van der Waals surface area contributed by atoms with E-state index in [2.05, 4.69) is 4.74 Å². The number of benzene rings is 3. The molecule has 5 rings (SSSR count). The molecule has 0 aliphatic carbocycles. The van der Waals surface area contributed by atoms with Crippen molar-refractivity contribution in [3.8, 4) is 23.0 Å². The van der Waals surface area contributed by atoms with E-state index in [1.165, 1.54) is 30.3 Å². The monoisotopic (exact) mass is 616 g/mol. The van der Waals surface area contributed by atoms with E-state index >= 15 is 0 Å². The fourth-order valence-electron chi connectivity index (χ4n) is 4.74. The summed E-state index contributed by atoms with van der Waals surface area (Å²) in [7, 11) is 0. The molecule has 0 atom stereocenters. The standard InChI is InChI=1S/C34H32O11/c1-8-40-31(39)44-27(35)18-9-12-22-21(15-18)28(36)45-34(22)23-13-10-19(41-29(37)32(2,3)4)16-25(23)43-26-17-20(11-14-24(26)34)42-30(38)33(5,6)7/h9-17H,8H2,1-7H3. The quantitative estimate of drug-likeness (QED) is 0.181. The summed E-state index contributed by atoms with van der Waals surface area (Å²) < 4.78 is 33.0. The van der Waals surface area contributed by atoms with Crippen LogP contribution in [-0.2, 0) is 29.4 Å². The van der Waals surface area contributed by atoms with Crippen molar-refractivity contribution in [3.63, 3.8) is 0 Å². The zero-order chi connectivity index (χ0) is 32.9. The Morgan fingerprint density at radius 1 is 0.733 bits per heavy atom. The second-order valence-corrected chi connectivity index (χ2v) is 12.6. The van der Waals surface area contributed by atoms with Crippen LogP contribution in [0.2, 0.25) is 0 Å². The van der Waals surface area contributed by atoms with Crippen LogP contribution in [0.5, 0.6) is 23.0 Å². The van der Waals surface area contributed by atoms with Crippen molar-refractivity contribution in [2.75, 3.05) is 6.61 Å². The van der Waals surface area contributed by atoms with Gasteiger partial charge in [0.25, 0.3) is 0 Å². The minimum Gasteiger partial charge on any atom is -0.456 e. The molecule has 11 nitrogen and oxygen atoms in total. The van der Waals surface area contributed by atoms with Crippen molar-refractivity contribution in [3.05, 3.63) is 82.4 Å². The predicted octanol–water partition coefficient (Wildman–Crippen LogP) is 6.47. The van der Waals surface area contributed by atoms with Gasteiger partial charge in [0.1, 0.15) is 23.0 Å². The van der Waals surface area contributed by atoms with Crippen LogP contribution in [0, 0.1) is 10.8 Å². The molecule has 0 unspecified atom stereocenters. The van der Waals surface area contributed by atoms with Crippen molar-refractivity contribution in [1.29, 1.82) is 0 Å². The van der Waals surface area contributed by atoms with Crippen LogP contribution < -0.4 is 14.2 Å². The maximum Gasteiger partial charge on any atom is 0.516 e. The number of rotatable bonds is 4. The highest BCUT2D eigenvalue weighted by molar-refractivity contribution is 6.02. The van der Waals surface area contributed by atoms with Crippen LogP contribution in [-0.4, -0.2) is 36.6 Å².